The zero-order chi connectivity index (χ0) is 19.7. The quantitative estimate of drug-likeness (QED) is 0.444. The molecule has 4 rings (SSSR count). The van der Waals surface area contributed by atoms with E-state index in [2.05, 4.69) is 26.2 Å². The third-order valence-electron chi connectivity index (χ3n) is 4.16. The first-order chi connectivity index (χ1) is 13.5. The summed E-state index contributed by atoms with van der Waals surface area (Å²) in [6.45, 7) is 0. The number of oxazole rings is 1. The Labute approximate surface area is 168 Å². The molecular weight excluding hydrogens is 427 g/mol. The highest BCUT2D eigenvalue weighted by molar-refractivity contribution is 9.10. The lowest BCUT2D eigenvalue weighted by Crippen LogP contribution is -2.13. The van der Waals surface area contributed by atoms with Gasteiger partial charge in [-0.05, 0) is 64.5 Å². The molecule has 0 radical (unpaired) electrons. The standard InChI is InChI=1S/C21H14BrFN2O3/c1-27-18-8-6-12(10-15(18)22)21-25-17-11-13(7-9-19(17)28-21)24-20(26)14-4-2-3-5-16(14)23/h2-11H,1H3,(H,24,26). The summed E-state index contributed by atoms with van der Waals surface area (Å²) in [5, 5.41) is 2.68. The summed E-state index contributed by atoms with van der Waals surface area (Å²) >= 11 is 3.44. The van der Waals surface area contributed by atoms with E-state index >= 15 is 0 Å². The SMILES string of the molecule is COc1ccc(-c2nc3cc(NC(=O)c4ccccc4F)ccc3o2)cc1Br. The van der Waals surface area contributed by atoms with E-state index < -0.39 is 11.7 Å². The topological polar surface area (TPSA) is 64.4 Å². The molecule has 0 fully saturated rings. The molecule has 1 aromatic heterocycles. The first kappa shape index (κ1) is 18.2. The fraction of sp³-hybridized carbons (Fsp3) is 0.0476. The predicted octanol–water partition coefficient (Wildman–Crippen LogP) is 5.66. The summed E-state index contributed by atoms with van der Waals surface area (Å²) in [6.07, 6.45) is 0. The van der Waals surface area contributed by atoms with Crippen molar-refractivity contribution in [2.45, 2.75) is 0 Å². The van der Waals surface area contributed by atoms with Gasteiger partial charge in [-0.3, -0.25) is 4.79 Å². The number of carbonyl (C=O) groups excluding carboxylic acids is 1. The van der Waals surface area contributed by atoms with Crippen LogP contribution in [0.2, 0.25) is 0 Å². The van der Waals surface area contributed by atoms with Crippen LogP contribution in [-0.2, 0) is 0 Å². The van der Waals surface area contributed by atoms with E-state index in [1.165, 1.54) is 18.2 Å². The van der Waals surface area contributed by atoms with Crippen molar-refractivity contribution in [2.24, 2.45) is 0 Å². The van der Waals surface area contributed by atoms with Gasteiger partial charge in [-0.2, -0.15) is 0 Å². The minimum Gasteiger partial charge on any atom is -0.496 e. The molecule has 0 aliphatic carbocycles. The number of amides is 1. The van der Waals surface area contributed by atoms with Crippen LogP contribution < -0.4 is 10.1 Å². The Morgan fingerprint density at radius 3 is 2.71 bits per heavy atom. The molecule has 1 amide bonds. The Bertz CT molecular complexity index is 1190. The fourth-order valence-corrected chi connectivity index (χ4v) is 3.31. The van der Waals surface area contributed by atoms with Crippen LogP contribution in [0.25, 0.3) is 22.6 Å². The summed E-state index contributed by atoms with van der Waals surface area (Å²) < 4.78 is 25.6. The second-order valence-corrected chi connectivity index (χ2v) is 6.84. The van der Waals surface area contributed by atoms with Crippen LogP contribution in [0.3, 0.4) is 0 Å². The van der Waals surface area contributed by atoms with Crippen molar-refractivity contribution in [2.75, 3.05) is 12.4 Å². The average Bonchev–Trinajstić information content (AvgIpc) is 3.11. The van der Waals surface area contributed by atoms with E-state index in [-0.39, 0.29) is 5.56 Å². The second kappa shape index (κ2) is 7.44. The zero-order valence-electron chi connectivity index (χ0n) is 14.7. The molecule has 4 aromatic rings. The number of nitrogens with zero attached hydrogens (tertiary/aromatic N) is 1. The van der Waals surface area contributed by atoms with E-state index in [0.29, 0.717) is 28.4 Å². The molecule has 140 valence electrons. The summed E-state index contributed by atoms with van der Waals surface area (Å²) in [5.74, 6) is 0.0454. The molecule has 28 heavy (non-hydrogen) atoms. The molecule has 0 spiro atoms. The van der Waals surface area contributed by atoms with Gasteiger partial charge in [0.15, 0.2) is 5.58 Å². The molecule has 0 aliphatic heterocycles. The van der Waals surface area contributed by atoms with Crippen molar-refractivity contribution in [3.63, 3.8) is 0 Å². The van der Waals surface area contributed by atoms with Gasteiger partial charge in [0.2, 0.25) is 5.89 Å². The lowest BCUT2D eigenvalue weighted by atomic mass is 10.2. The predicted molar refractivity (Wildman–Crippen MR) is 108 cm³/mol. The third-order valence-corrected chi connectivity index (χ3v) is 4.78. The first-order valence-corrected chi connectivity index (χ1v) is 9.15. The normalized spacial score (nSPS) is 10.8. The molecule has 7 heteroatoms. The molecule has 0 aliphatic rings. The number of benzene rings is 3. The van der Waals surface area contributed by atoms with Crippen LogP contribution in [0.5, 0.6) is 5.75 Å². The Hall–Kier alpha value is -3.19. The number of aromatic nitrogens is 1. The van der Waals surface area contributed by atoms with Gasteiger partial charge < -0.3 is 14.5 Å². The number of hydrogen-bond donors (Lipinski definition) is 1. The number of hydrogen-bond acceptors (Lipinski definition) is 4. The molecular formula is C21H14BrFN2O3. The molecule has 0 atom stereocenters. The van der Waals surface area contributed by atoms with Gasteiger partial charge in [-0.1, -0.05) is 12.1 Å². The second-order valence-electron chi connectivity index (χ2n) is 5.98. The highest BCUT2D eigenvalue weighted by Crippen LogP contribution is 2.32. The van der Waals surface area contributed by atoms with E-state index in [0.717, 1.165) is 10.0 Å². The molecule has 1 N–H and O–H groups in total. The summed E-state index contributed by atoms with van der Waals surface area (Å²) in [4.78, 5) is 16.8. The minimum absolute atomic E-state index is 0.0217. The number of rotatable bonds is 4. The number of halogens is 2. The van der Waals surface area contributed by atoms with Gasteiger partial charge in [-0.25, -0.2) is 9.37 Å². The Morgan fingerprint density at radius 1 is 1.14 bits per heavy atom. The summed E-state index contributed by atoms with van der Waals surface area (Å²) in [7, 11) is 1.59. The molecule has 0 unspecified atom stereocenters. The average molecular weight is 441 g/mol. The fourth-order valence-electron chi connectivity index (χ4n) is 2.77. The Balaban J connectivity index is 1.62. The molecule has 0 saturated carbocycles. The maximum Gasteiger partial charge on any atom is 0.258 e. The Morgan fingerprint density at radius 2 is 1.96 bits per heavy atom. The largest absolute Gasteiger partial charge is 0.496 e. The van der Waals surface area contributed by atoms with Crippen molar-refractivity contribution in [3.8, 4) is 17.2 Å². The third kappa shape index (κ3) is 3.48. The van der Waals surface area contributed by atoms with Gasteiger partial charge >= 0.3 is 0 Å². The van der Waals surface area contributed by atoms with Gasteiger partial charge in [0.05, 0.1) is 17.1 Å². The van der Waals surface area contributed by atoms with Crippen LogP contribution >= 0.6 is 15.9 Å². The van der Waals surface area contributed by atoms with Crippen LogP contribution in [-0.4, -0.2) is 18.0 Å². The van der Waals surface area contributed by atoms with E-state index in [9.17, 15) is 9.18 Å². The summed E-state index contributed by atoms with van der Waals surface area (Å²) in [6, 6.07) is 16.4. The Kier molecular flexibility index (Phi) is 4.83. The maximum absolute atomic E-state index is 13.8. The number of fused-ring (bicyclic) bond motifs is 1. The number of ether oxygens (including phenoxy) is 1. The molecule has 0 saturated heterocycles. The van der Waals surface area contributed by atoms with Crippen LogP contribution in [0.4, 0.5) is 10.1 Å². The lowest BCUT2D eigenvalue weighted by molar-refractivity contribution is 0.102. The van der Waals surface area contributed by atoms with E-state index in [1.807, 2.05) is 18.2 Å². The number of methoxy groups -OCH3 is 1. The highest BCUT2D eigenvalue weighted by atomic mass is 79.9. The highest BCUT2D eigenvalue weighted by Gasteiger charge is 2.14. The van der Waals surface area contributed by atoms with E-state index in [1.54, 1.807) is 31.4 Å². The van der Waals surface area contributed by atoms with Crippen LogP contribution in [0, 0.1) is 5.82 Å². The zero-order valence-corrected chi connectivity index (χ0v) is 16.3. The smallest absolute Gasteiger partial charge is 0.258 e. The molecule has 1 heterocycles. The van der Waals surface area contributed by atoms with Gasteiger partial charge in [0, 0.05) is 11.3 Å². The monoisotopic (exact) mass is 440 g/mol. The maximum atomic E-state index is 13.8. The van der Waals surface area contributed by atoms with Gasteiger partial charge in [0.25, 0.3) is 5.91 Å². The number of carbonyl (C=O) groups is 1. The van der Waals surface area contributed by atoms with Gasteiger partial charge in [-0.15, -0.1) is 0 Å². The molecule has 5 nitrogen and oxygen atoms in total. The number of anilines is 1. The lowest BCUT2D eigenvalue weighted by Gasteiger charge is -2.05. The first-order valence-electron chi connectivity index (χ1n) is 8.35. The van der Waals surface area contributed by atoms with Crippen LogP contribution in [0.1, 0.15) is 10.4 Å². The molecule has 3 aromatic carbocycles. The minimum atomic E-state index is -0.574. The molecule has 0 bridgehead atoms. The number of nitrogens with one attached hydrogen (secondary N) is 1. The van der Waals surface area contributed by atoms with E-state index in [4.69, 9.17) is 9.15 Å². The van der Waals surface area contributed by atoms with Crippen molar-refractivity contribution >= 4 is 38.6 Å². The van der Waals surface area contributed by atoms with Crippen molar-refractivity contribution < 1.29 is 18.3 Å². The van der Waals surface area contributed by atoms with Crippen molar-refractivity contribution in [1.29, 1.82) is 0 Å². The van der Waals surface area contributed by atoms with Crippen molar-refractivity contribution in [3.05, 3.63) is 76.5 Å². The van der Waals surface area contributed by atoms with Crippen molar-refractivity contribution in [1.82, 2.24) is 4.98 Å². The summed E-state index contributed by atoms with van der Waals surface area (Å²) in [5.41, 5.74) is 2.41. The van der Waals surface area contributed by atoms with Gasteiger partial charge in [0.1, 0.15) is 17.1 Å². The van der Waals surface area contributed by atoms with Crippen LogP contribution in [0.15, 0.2) is 69.6 Å².